The Balaban J connectivity index is -0.000000240. The predicted octanol–water partition coefficient (Wildman–Crippen LogP) is -1.99. The van der Waals surface area contributed by atoms with E-state index in [9.17, 15) is 13.7 Å². The molecule has 16 heavy (non-hydrogen) atoms. The molecule has 0 aliphatic carbocycles. The summed E-state index contributed by atoms with van der Waals surface area (Å²) >= 11 is 0. The summed E-state index contributed by atoms with van der Waals surface area (Å²) in [6.45, 7) is 0. The van der Waals surface area contributed by atoms with Gasteiger partial charge in [0.15, 0.2) is 0 Å². The van der Waals surface area contributed by atoms with Crippen molar-refractivity contribution in [2.75, 3.05) is 0 Å². The summed E-state index contributed by atoms with van der Waals surface area (Å²) in [5.41, 5.74) is 0. The first-order valence-corrected chi connectivity index (χ1v) is 6.83. The summed E-state index contributed by atoms with van der Waals surface area (Å²) in [5, 5.41) is 0. The smallest absolute Gasteiger partial charge is 0 e. The molecule has 0 amide bonds. The van der Waals surface area contributed by atoms with E-state index in [1.807, 2.05) is 0 Å². The second kappa shape index (κ2) is 9.83. The van der Waals surface area contributed by atoms with E-state index in [1.165, 1.54) is 0 Å². The third-order valence-electron chi connectivity index (χ3n) is 0.419. The van der Waals surface area contributed by atoms with Crippen LogP contribution in [0.25, 0.3) is 0 Å². The molecule has 0 saturated heterocycles. The summed E-state index contributed by atoms with van der Waals surface area (Å²) in [5.74, 6) is 0. The fourth-order valence-corrected chi connectivity index (χ4v) is 2.82. The van der Waals surface area contributed by atoms with Gasteiger partial charge < -0.3 is 24.5 Å². The number of hydrogen-bond donors (Lipinski definition) is 5. The van der Waals surface area contributed by atoms with Crippen molar-refractivity contribution < 1.29 is 65.3 Å². The van der Waals surface area contributed by atoms with Crippen molar-refractivity contribution in [3.05, 3.63) is 0 Å². The van der Waals surface area contributed by atoms with Gasteiger partial charge in [-0.15, -0.1) is 0 Å². The maximum atomic E-state index is 10.4. The molecule has 0 saturated carbocycles. The molecule has 0 fully saturated rings. The molecule has 0 heterocycles. The van der Waals surface area contributed by atoms with Gasteiger partial charge in [0.25, 0.3) is 0 Å². The van der Waals surface area contributed by atoms with E-state index >= 15 is 0 Å². The average molecular weight is 357 g/mol. The molecule has 0 spiro atoms. The summed E-state index contributed by atoms with van der Waals surface area (Å²) in [4.78, 5) is 40.2. The molecule has 0 atom stereocenters. The van der Waals surface area contributed by atoms with Crippen molar-refractivity contribution in [1.29, 1.82) is 0 Å². The van der Waals surface area contributed by atoms with Gasteiger partial charge in [-0.05, 0) is 0 Å². The van der Waals surface area contributed by atoms with E-state index in [0.717, 1.165) is 0 Å². The van der Waals surface area contributed by atoms with Gasteiger partial charge in [0.1, 0.15) is 0 Å². The summed E-state index contributed by atoms with van der Waals surface area (Å²) in [6.07, 6.45) is 0. The average Bonchev–Trinajstić information content (AvgIpc) is 1.43. The molecule has 0 aromatic heterocycles. The molecule has 0 rings (SSSR count). The number of hydrogen-bond acceptors (Lipinski definition) is 5. The van der Waals surface area contributed by atoms with E-state index < -0.39 is 23.5 Å². The van der Waals surface area contributed by atoms with Crippen LogP contribution in [0.15, 0.2) is 0 Å². The Bertz CT molecular complexity index is 286. The molecule has 16 heteroatoms. The molecule has 10 nitrogen and oxygen atoms in total. The first-order valence-electron chi connectivity index (χ1n) is 2.28. The Labute approximate surface area is 146 Å². The third kappa shape index (κ3) is 19.3. The van der Waals surface area contributed by atoms with E-state index in [2.05, 4.69) is 8.62 Å². The Morgan fingerprint density at radius 2 is 0.875 bits per heavy atom. The van der Waals surface area contributed by atoms with Gasteiger partial charge in [0.05, 0.1) is 0 Å². The standard InChI is InChI=1S/2Na.H5O10P3.V.2H/c;;1-11(2,3)9-13(7,8)10-12(4,5)6;;;/h;;(H,7,8)(H2,1,2,3)(H2,4,5,6);;;. The second-order valence-electron chi connectivity index (χ2n) is 1.61. The van der Waals surface area contributed by atoms with Crippen LogP contribution in [0.1, 0.15) is 0 Å². The Hall–Kier alpha value is 2.99. The zero-order valence-electron chi connectivity index (χ0n) is 6.07. The van der Waals surface area contributed by atoms with Crippen LogP contribution in [-0.2, 0) is 40.9 Å². The molecule has 0 aromatic rings. The van der Waals surface area contributed by atoms with Gasteiger partial charge in [0, 0.05) is 18.6 Å². The van der Waals surface area contributed by atoms with E-state index in [4.69, 9.17) is 24.5 Å². The zero-order chi connectivity index (χ0) is 10.9. The molecular formula is H7Na2O10P3V. The van der Waals surface area contributed by atoms with Gasteiger partial charge >= 0.3 is 82.6 Å². The minimum atomic E-state index is -5.46. The quantitative estimate of drug-likeness (QED) is 0.280. The molecule has 0 aliphatic heterocycles. The van der Waals surface area contributed by atoms with Crippen LogP contribution in [0.3, 0.4) is 0 Å². The third-order valence-corrected chi connectivity index (χ3v) is 3.77. The first kappa shape index (κ1) is 27.4. The summed E-state index contributed by atoms with van der Waals surface area (Å²) < 4.78 is 36.4. The van der Waals surface area contributed by atoms with Crippen LogP contribution in [-0.4, -0.2) is 83.6 Å². The fraction of sp³-hybridized carbons (Fsp3) is 0. The van der Waals surface area contributed by atoms with Gasteiger partial charge in [-0.1, -0.05) is 0 Å². The summed E-state index contributed by atoms with van der Waals surface area (Å²) in [6, 6.07) is 0. The number of phosphoric acid groups is 3. The van der Waals surface area contributed by atoms with Crippen LogP contribution < -0.4 is 0 Å². The van der Waals surface area contributed by atoms with Gasteiger partial charge in [-0.2, -0.15) is 8.62 Å². The number of rotatable bonds is 4. The topological polar surface area (TPSA) is 171 Å². The van der Waals surface area contributed by atoms with Crippen molar-refractivity contribution >= 4 is 82.6 Å². The monoisotopic (exact) mass is 357 g/mol. The largest absolute Gasteiger partial charge is 0 e. The van der Waals surface area contributed by atoms with Gasteiger partial charge in [0.2, 0.25) is 0 Å². The van der Waals surface area contributed by atoms with Crippen LogP contribution in [0.2, 0.25) is 0 Å². The molecule has 89 valence electrons. The predicted molar refractivity (Wildman–Crippen MR) is 50.4 cm³/mol. The van der Waals surface area contributed by atoms with Gasteiger partial charge in [-0.25, -0.2) is 13.7 Å². The first-order chi connectivity index (χ1) is 5.41. The van der Waals surface area contributed by atoms with Crippen molar-refractivity contribution in [2.24, 2.45) is 0 Å². The van der Waals surface area contributed by atoms with Crippen LogP contribution in [0.4, 0.5) is 0 Å². The molecule has 0 aliphatic rings. The van der Waals surface area contributed by atoms with Gasteiger partial charge in [-0.3, -0.25) is 0 Å². The normalized spacial score (nSPS) is 11.8. The van der Waals surface area contributed by atoms with Crippen molar-refractivity contribution in [1.82, 2.24) is 0 Å². The summed E-state index contributed by atoms with van der Waals surface area (Å²) in [7, 11) is -16.2. The Morgan fingerprint density at radius 1 is 0.688 bits per heavy atom. The Morgan fingerprint density at radius 3 is 1.00 bits per heavy atom. The van der Waals surface area contributed by atoms with Crippen molar-refractivity contribution in [2.45, 2.75) is 0 Å². The Kier molecular flexibility index (Phi) is 16.8. The SMILES string of the molecule is O=P(O)(O)OP(=O)(O)OP(=O)(O)O.[NaH].[NaH].[V]. The van der Waals surface area contributed by atoms with Crippen LogP contribution in [0, 0.1) is 0 Å². The molecular weight excluding hydrogens is 350 g/mol. The van der Waals surface area contributed by atoms with Crippen LogP contribution >= 0.6 is 23.5 Å². The van der Waals surface area contributed by atoms with E-state index in [1.54, 1.807) is 0 Å². The molecule has 5 N–H and O–H groups in total. The van der Waals surface area contributed by atoms with E-state index in [0.29, 0.717) is 0 Å². The van der Waals surface area contributed by atoms with E-state index in [-0.39, 0.29) is 77.7 Å². The molecule has 0 bridgehead atoms. The fourth-order valence-electron chi connectivity index (χ4n) is 0.284. The maximum Gasteiger partial charge on any atom is 0 e. The molecule has 0 unspecified atom stereocenters. The maximum absolute atomic E-state index is 10.4. The zero-order valence-corrected chi connectivity index (χ0v) is 10.1. The molecule has 1 radical (unpaired) electrons. The van der Waals surface area contributed by atoms with Crippen molar-refractivity contribution in [3.8, 4) is 0 Å². The minimum Gasteiger partial charge on any atom is 0 e. The molecule has 0 aromatic carbocycles. The second-order valence-corrected chi connectivity index (χ2v) is 5.82. The minimum absolute atomic E-state index is 0. The van der Waals surface area contributed by atoms with Crippen molar-refractivity contribution in [3.63, 3.8) is 0 Å². The van der Waals surface area contributed by atoms with Crippen LogP contribution in [0.5, 0.6) is 0 Å².